The maximum absolute atomic E-state index is 13.2. The zero-order valence-electron chi connectivity index (χ0n) is 8.93. The maximum Gasteiger partial charge on any atom is 0.285 e. The van der Waals surface area contributed by atoms with Gasteiger partial charge in [0.05, 0.1) is 0 Å². The molecule has 15 heavy (non-hydrogen) atoms. The molecule has 0 aliphatic heterocycles. The molecule has 2 aliphatic carbocycles. The van der Waals surface area contributed by atoms with Crippen molar-refractivity contribution in [3.8, 4) is 0 Å². The number of hydrogen-bond donors (Lipinski definition) is 0. The predicted molar refractivity (Wildman–Crippen MR) is 66.5 cm³/mol. The van der Waals surface area contributed by atoms with Gasteiger partial charge in [-0.1, -0.05) is 48.1 Å². The van der Waals surface area contributed by atoms with Gasteiger partial charge in [-0.25, -0.2) is 0 Å². The highest BCUT2D eigenvalue weighted by Gasteiger charge is 2.44. The molecule has 0 nitrogen and oxygen atoms in total. The van der Waals surface area contributed by atoms with E-state index in [1.165, 1.54) is 6.08 Å². The molecule has 0 heterocycles. The molecule has 0 saturated heterocycles. The van der Waals surface area contributed by atoms with Crippen LogP contribution in [0.2, 0.25) is 0 Å². The fourth-order valence-electron chi connectivity index (χ4n) is 2.53. The lowest BCUT2D eigenvalue weighted by molar-refractivity contribution is 0.0984. The van der Waals surface area contributed by atoms with Gasteiger partial charge in [-0.3, -0.25) is 0 Å². The van der Waals surface area contributed by atoms with Gasteiger partial charge < -0.3 is 0 Å². The van der Waals surface area contributed by atoms with Crippen molar-refractivity contribution in [1.29, 1.82) is 0 Å². The summed E-state index contributed by atoms with van der Waals surface area (Å²) in [6.45, 7) is 4.25. The molecular weight excluding hydrogens is 309 g/mol. The molecule has 3 atom stereocenters. The smallest absolute Gasteiger partial charge is 0.197 e. The van der Waals surface area contributed by atoms with E-state index in [1.54, 1.807) is 6.08 Å². The minimum Gasteiger partial charge on any atom is -0.197 e. The monoisotopic (exact) mass is 324 g/mol. The van der Waals surface area contributed by atoms with Gasteiger partial charge in [0, 0.05) is 9.34 Å². The number of allylic oxidation sites excluding steroid dienone is 4. The molecular formula is C12H15F2I. The van der Waals surface area contributed by atoms with Crippen molar-refractivity contribution in [2.24, 2.45) is 11.3 Å². The molecule has 2 unspecified atom stereocenters. The van der Waals surface area contributed by atoms with Gasteiger partial charge in [0.15, 0.2) is 0 Å². The molecule has 3 heteroatoms. The first-order chi connectivity index (χ1) is 6.85. The Morgan fingerprint density at radius 2 is 2.07 bits per heavy atom. The van der Waals surface area contributed by atoms with Crippen molar-refractivity contribution < 1.29 is 8.78 Å². The van der Waals surface area contributed by atoms with Crippen LogP contribution >= 0.6 is 22.6 Å². The van der Waals surface area contributed by atoms with E-state index in [0.717, 1.165) is 24.5 Å². The standard InChI is InChI=1S/C12H15F2I/c1-8-10(15)4-3-9-7-12(13,14)6-5-11(8,9)2/h5-8,10H,3-4H2,1-2H3/t8?,10?,11-/m1/s1. The lowest BCUT2D eigenvalue weighted by atomic mass is 9.63. The summed E-state index contributed by atoms with van der Waals surface area (Å²) in [7, 11) is 0. The van der Waals surface area contributed by atoms with Crippen LogP contribution in [0.4, 0.5) is 8.78 Å². The Hall–Kier alpha value is 0.0700. The van der Waals surface area contributed by atoms with Crippen LogP contribution < -0.4 is 0 Å². The second kappa shape index (κ2) is 3.54. The van der Waals surface area contributed by atoms with Crippen molar-refractivity contribution in [1.82, 2.24) is 0 Å². The third-order valence-corrected chi connectivity index (χ3v) is 5.59. The Bertz CT molecular complexity index is 333. The fourth-order valence-corrected chi connectivity index (χ4v) is 3.59. The van der Waals surface area contributed by atoms with Crippen LogP contribution in [0, 0.1) is 11.3 Å². The number of fused-ring (bicyclic) bond motifs is 1. The SMILES string of the molecule is CC1C(I)CCC2=CC(F)(F)C=C[C@@]21C. The van der Waals surface area contributed by atoms with E-state index in [0.29, 0.717) is 9.84 Å². The lowest BCUT2D eigenvalue weighted by Gasteiger charge is -2.45. The number of alkyl halides is 3. The Balaban J connectivity index is 2.38. The second-order valence-electron chi connectivity index (χ2n) is 4.80. The molecule has 84 valence electrons. The molecule has 2 rings (SSSR count). The maximum atomic E-state index is 13.2. The highest BCUT2D eigenvalue weighted by atomic mass is 127. The first kappa shape index (κ1) is 11.6. The Labute approximate surface area is 103 Å². The summed E-state index contributed by atoms with van der Waals surface area (Å²) >= 11 is 2.44. The molecule has 0 spiro atoms. The molecule has 0 radical (unpaired) electrons. The average Bonchev–Trinajstić information content (AvgIpc) is 2.16. The molecule has 0 aromatic heterocycles. The van der Waals surface area contributed by atoms with Crippen molar-refractivity contribution >= 4 is 22.6 Å². The number of halogens is 3. The summed E-state index contributed by atoms with van der Waals surface area (Å²) in [4.78, 5) is 0. The molecule has 0 amide bonds. The molecule has 2 aliphatic rings. The van der Waals surface area contributed by atoms with Crippen LogP contribution in [0.15, 0.2) is 23.8 Å². The van der Waals surface area contributed by atoms with E-state index in [1.807, 2.05) is 0 Å². The summed E-state index contributed by atoms with van der Waals surface area (Å²) in [6, 6.07) is 0. The first-order valence-corrected chi connectivity index (χ1v) is 6.54. The Morgan fingerprint density at radius 3 is 2.73 bits per heavy atom. The Morgan fingerprint density at radius 1 is 1.40 bits per heavy atom. The first-order valence-electron chi connectivity index (χ1n) is 5.30. The van der Waals surface area contributed by atoms with Crippen LogP contribution in [0.1, 0.15) is 26.7 Å². The highest BCUT2D eigenvalue weighted by molar-refractivity contribution is 14.1. The van der Waals surface area contributed by atoms with E-state index in [9.17, 15) is 8.78 Å². The highest BCUT2D eigenvalue weighted by Crippen LogP contribution is 2.51. The summed E-state index contributed by atoms with van der Waals surface area (Å²) in [5.41, 5.74) is 0.779. The number of rotatable bonds is 0. The van der Waals surface area contributed by atoms with E-state index in [2.05, 4.69) is 36.4 Å². The zero-order valence-corrected chi connectivity index (χ0v) is 11.1. The van der Waals surface area contributed by atoms with E-state index >= 15 is 0 Å². The molecule has 0 aromatic carbocycles. The molecule has 1 saturated carbocycles. The molecule has 0 N–H and O–H groups in total. The van der Waals surface area contributed by atoms with Crippen LogP contribution in [0.5, 0.6) is 0 Å². The van der Waals surface area contributed by atoms with Crippen LogP contribution in [0.3, 0.4) is 0 Å². The van der Waals surface area contributed by atoms with Gasteiger partial charge >= 0.3 is 0 Å². The quantitative estimate of drug-likeness (QED) is 0.353. The van der Waals surface area contributed by atoms with Crippen molar-refractivity contribution in [3.63, 3.8) is 0 Å². The van der Waals surface area contributed by atoms with Gasteiger partial charge in [-0.2, -0.15) is 8.78 Å². The van der Waals surface area contributed by atoms with Gasteiger partial charge in [0.25, 0.3) is 5.92 Å². The van der Waals surface area contributed by atoms with Gasteiger partial charge in [0.2, 0.25) is 0 Å². The van der Waals surface area contributed by atoms with E-state index in [4.69, 9.17) is 0 Å². The minimum absolute atomic E-state index is 0.147. The number of hydrogen-bond acceptors (Lipinski definition) is 0. The van der Waals surface area contributed by atoms with Crippen molar-refractivity contribution in [3.05, 3.63) is 23.8 Å². The van der Waals surface area contributed by atoms with E-state index in [-0.39, 0.29) is 5.41 Å². The summed E-state index contributed by atoms with van der Waals surface area (Å²) in [5.74, 6) is -2.29. The average molecular weight is 324 g/mol. The molecule has 1 fully saturated rings. The summed E-state index contributed by atoms with van der Waals surface area (Å²) in [5, 5.41) is 0. The summed E-state index contributed by atoms with van der Waals surface area (Å²) in [6.07, 6.45) is 5.78. The van der Waals surface area contributed by atoms with Crippen LogP contribution in [-0.2, 0) is 0 Å². The second-order valence-corrected chi connectivity index (χ2v) is 6.40. The third-order valence-electron chi connectivity index (χ3n) is 3.89. The van der Waals surface area contributed by atoms with Gasteiger partial charge in [-0.15, -0.1) is 0 Å². The van der Waals surface area contributed by atoms with E-state index < -0.39 is 5.92 Å². The molecule has 0 bridgehead atoms. The minimum atomic E-state index is -2.73. The predicted octanol–water partition coefficient (Wildman–Crippen LogP) is 4.36. The third kappa shape index (κ3) is 1.87. The van der Waals surface area contributed by atoms with Gasteiger partial charge in [-0.05, 0) is 30.9 Å². The van der Waals surface area contributed by atoms with Crippen molar-refractivity contribution in [2.45, 2.75) is 36.5 Å². The Kier molecular flexibility index (Phi) is 2.72. The largest absolute Gasteiger partial charge is 0.285 e. The topological polar surface area (TPSA) is 0 Å². The normalized spacial score (nSPS) is 43.4. The summed E-state index contributed by atoms with van der Waals surface area (Å²) < 4.78 is 27.0. The fraction of sp³-hybridized carbons (Fsp3) is 0.667. The lowest BCUT2D eigenvalue weighted by Crippen LogP contribution is -2.39. The zero-order chi connectivity index (χ0) is 11.3. The van der Waals surface area contributed by atoms with Crippen molar-refractivity contribution in [2.75, 3.05) is 0 Å². The van der Waals surface area contributed by atoms with Crippen LogP contribution in [-0.4, -0.2) is 9.85 Å². The molecule has 0 aromatic rings. The van der Waals surface area contributed by atoms with Crippen LogP contribution in [0.25, 0.3) is 0 Å². The van der Waals surface area contributed by atoms with Gasteiger partial charge in [0.1, 0.15) is 0 Å².